The summed E-state index contributed by atoms with van der Waals surface area (Å²) >= 11 is 0. The highest BCUT2D eigenvalue weighted by Crippen LogP contribution is 2.44. The van der Waals surface area contributed by atoms with E-state index < -0.39 is 5.79 Å². The van der Waals surface area contributed by atoms with Crippen molar-refractivity contribution in [2.45, 2.75) is 44.7 Å². The van der Waals surface area contributed by atoms with Gasteiger partial charge in [0.2, 0.25) is 0 Å². The van der Waals surface area contributed by atoms with Gasteiger partial charge in [0.25, 0.3) is 0 Å². The summed E-state index contributed by atoms with van der Waals surface area (Å²) in [5.74, 6) is -0.149. The van der Waals surface area contributed by atoms with Crippen LogP contribution >= 0.6 is 0 Å². The summed E-state index contributed by atoms with van der Waals surface area (Å²) in [7, 11) is 0. The molecule has 2 saturated heterocycles. The van der Waals surface area contributed by atoms with Crippen LogP contribution in [0.5, 0.6) is 0 Å². The smallest absolute Gasteiger partial charge is 0.309 e. The minimum Gasteiger partial charge on any atom is -0.465 e. The number of rotatable bonds is 0. The van der Waals surface area contributed by atoms with Crippen molar-refractivity contribution in [1.29, 1.82) is 0 Å². The first kappa shape index (κ1) is 9.60. The van der Waals surface area contributed by atoms with Crippen LogP contribution in [0.4, 0.5) is 0 Å². The Hall–Kier alpha value is -0.610. The number of fused-ring (bicyclic) bond motifs is 2. The molecule has 0 bridgehead atoms. The molecule has 4 atom stereocenters. The second kappa shape index (κ2) is 2.95. The Morgan fingerprint density at radius 3 is 2.60 bits per heavy atom. The molecular weight excluding hydrogens is 196 g/mol. The van der Waals surface area contributed by atoms with Gasteiger partial charge in [-0.05, 0) is 26.7 Å². The molecule has 1 aliphatic carbocycles. The molecule has 0 aromatic carbocycles. The highest BCUT2D eigenvalue weighted by molar-refractivity contribution is 5.75. The Labute approximate surface area is 88.9 Å². The minimum absolute atomic E-state index is 0.0451. The molecule has 4 nitrogen and oxygen atoms in total. The lowest BCUT2D eigenvalue weighted by Crippen LogP contribution is -2.37. The third kappa shape index (κ3) is 1.47. The van der Waals surface area contributed by atoms with Gasteiger partial charge in [-0.25, -0.2) is 0 Å². The molecule has 2 heterocycles. The van der Waals surface area contributed by atoms with Crippen LogP contribution in [0.15, 0.2) is 0 Å². The predicted molar refractivity (Wildman–Crippen MR) is 51.0 cm³/mol. The largest absolute Gasteiger partial charge is 0.465 e. The molecule has 0 aromatic heterocycles. The molecular formula is C11H16O4. The Morgan fingerprint density at radius 1 is 1.20 bits per heavy atom. The molecule has 0 N–H and O–H groups in total. The van der Waals surface area contributed by atoms with Crippen molar-refractivity contribution in [3.8, 4) is 0 Å². The highest BCUT2D eigenvalue weighted by Gasteiger charge is 2.52. The maximum Gasteiger partial charge on any atom is 0.309 e. The van der Waals surface area contributed by atoms with E-state index in [1.165, 1.54) is 0 Å². The number of cyclic esters (lactones) is 1. The normalized spacial score (nSPS) is 47.2. The van der Waals surface area contributed by atoms with E-state index in [2.05, 4.69) is 0 Å². The van der Waals surface area contributed by atoms with Gasteiger partial charge in [-0.3, -0.25) is 4.79 Å². The van der Waals surface area contributed by atoms with Crippen LogP contribution in [-0.4, -0.2) is 30.6 Å². The summed E-state index contributed by atoms with van der Waals surface area (Å²) < 4.78 is 16.7. The van der Waals surface area contributed by atoms with Gasteiger partial charge >= 0.3 is 5.97 Å². The zero-order valence-electron chi connectivity index (χ0n) is 9.06. The topological polar surface area (TPSA) is 44.8 Å². The lowest BCUT2D eigenvalue weighted by Gasteiger charge is -2.29. The second-order valence-corrected chi connectivity index (χ2v) is 5.18. The summed E-state index contributed by atoms with van der Waals surface area (Å²) in [6.45, 7) is 4.43. The molecule has 0 unspecified atom stereocenters. The second-order valence-electron chi connectivity index (χ2n) is 5.18. The fraction of sp³-hybridized carbons (Fsp3) is 0.909. The van der Waals surface area contributed by atoms with Gasteiger partial charge < -0.3 is 14.2 Å². The van der Waals surface area contributed by atoms with E-state index >= 15 is 0 Å². The van der Waals surface area contributed by atoms with Crippen molar-refractivity contribution in [3.05, 3.63) is 0 Å². The zero-order chi connectivity index (χ0) is 10.6. The standard InChI is InChI=1S/C11H16O4/c1-11(2)14-8-3-6-5-13-10(12)7(6)4-9(8)15-11/h6-9H,3-5H2,1-2H3/t6-,7-,8+,9-/m0/s1. The van der Waals surface area contributed by atoms with Gasteiger partial charge in [-0.1, -0.05) is 0 Å². The lowest BCUT2D eigenvalue weighted by molar-refractivity contribution is -0.149. The number of hydrogen-bond donors (Lipinski definition) is 0. The van der Waals surface area contributed by atoms with Gasteiger partial charge in [0.15, 0.2) is 5.79 Å². The number of carbonyl (C=O) groups is 1. The van der Waals surface area contributed by atoms with Crippen LogP contribution in [0.25, 0.3) is 0 Å². The summed E-state index contributed by atoms with van der Waals surface area (Å²) in [5, 5.41) is 0. The van der Waals surface area contributed by atoms with E-state index in [4.69, 9.17) is 14.2 Å². The minimum atomic E-state index is -0.488. The molecule has 0 spiro atoms. The molecule has 3 aliphatic rings. The van der Waals surface area contributed by atoms with Crippen LogP contribution in [-0.2, 0) is 19.0 Å². The first-order valence-corrected chi connectivity index (χ1v) is 5.57. The zero-order valence-corrected chi connectivity index (χ0v) is 9.06. The maximum absolute atomic E-state index is 11.4. The Kier molecular flexibility index (Phi) is 1.89. The van der Waals surface area contributed by atoms with Gasteiger partial charge in [-0.2, -0.15) is 0 Å². The Morgan fingerprint density at radius 2 is 1.87 bits per heavy atom. The molecule has 2 aliphatic heterocycles. The summed E-state index contributed by atoms with van der Waals surface area (Å²) in [6, 6.07) is 0. The van der Waals surface area contributed by atoms with Crippen LogP contribution in [0, 0.1) is 11.8 Å². The predicted octanol–water partition coefficient (Wildman–Crippen LogP) is 1.09. The van der Waals surface area contributed by atoms with E-state index in [9.17, 15) is 4.79 Å². The molecule has 4 heteroatoms. The lowest BCUT2D eigenvalue weighted by atomic mass is 9.78. The molecule has 0 aromatic rings. The third-order valence-electron chi connectivity index (χ3n) is 3.62. The van der Waals surface area contributed by atoms with E-state index in [1.807, 2.05) is 13.8 Å². The average Bonchev–Trinajstić information content (AvgIpc) is 2.62. The van der Waals surface area contributed by atoms with Crippen LogP contribution in [0.2, 0.25) is 0 Å². The molecule has 15 heavy (non-hydrogen) atoms. The van der Waals surface area contributed by atoms with Crippen molar-refractivity contribution in [2.24, 2.45) is 11.8 Å². The molecule has 0 radical (unpaired) electrons. The number of hydrogen-bond acceptors (Lipinski definition) is 4. The quantitative estimate of drug-likeness (QED) is 0.564. The van der Waals surface area contributed by atoms with E-state index in [0.717, 1.165) is 12.8 Å². The van der Waals surface area contributed by atoms with Crippen LogP contribution in [0.1, 0.15) is 26.7 Å². The van der Waals surface area contributed by atoms with Crippen molar-refractivity contribution >= 4 is 5.97 Å². The molecule has 3 rings (SSSR count). The summed E-state index contributed by atoms with van der Waals surface area (Å²) in [5.41, 5.74) is 0. The van der Waals surface area contributed by atoms with E-state index in [1.54, 1.807) is 0 Å². The monoisotopic (exact) mass is 212 g/mol. The molecule has 84 valence electrons. The number of carbonyl (C=O) groups excluding carboxylic acids is 1. The molecule has 3 fully saturated rings. The SMILES string of the molecule is CC1(C)O[C@H]2C[C@@H]3C(=O)OC[C@@H]3C[C@H]2O1. The molecule has 1 saturated carbocycles. The maximum atomic E-state index is 11.4. The van der Waals surface area contributed by atoms with Crippen LogP contribution in [0.3, 0.4) is 0 Å². The van der Waals surface area contributed by atoms with Gasteiger partial charge in [-0.15, -0.1) is 0 Å². The number of esters is 1. The van der Waals surface area contributed by atoms with Crippen molar-refractivity contribution < 1.29 is 19.0 Å². The van der Waals surface area contributed by atoms with E-state index in [0.29, 0.717) is 12.5 Å². The highest BCUT2D eigenvalue weighted by atomic mass is 16.8. The first-order valence-electron chi connectivity index (χ1n) is 5.57. The van der Waals surface area contributed by atoms with Gasteiger partial charge in [0.1, 0.15) is 0 Å². The molecule has 0 amide bonds. The van der Waals surface area contributed by atoms with Crippen LogP contribution < -0.4 is 0 Å². The fourth-order valence-electron chi connectivity index (χ4n) is 2.98. The Bertz CT molecular complexity index is 299. The first-order chi connectivity index (χ1) is 7.05. The summed E-state index contributed by atoms with van der Waals surface area (Å²) in [4.78, 5) is 11.4. The van der Waals surface area contributed by atoms with Crippen molar-refractivity contribution in [3.63, 3.8) is 0 Å². The Balaban J connectivity index is 1.78. The summed E-state index contributed by atoms with van der Waals surface area (Å²) in [6.07, 6.45) is 1.88. The van der Waals surface area contributed by atoms with Crippen molar-refractivity contribution in [1.82, 2.24) is 0 Å². The van der Waals surface area contributed by atoms with Gasteiger partial charge in [0.05, 0.1) is 24.7 Å². The number of ether oxygens (including phenoxy) is 3. The average molecular weight is 212 g/mol. The van der Waals surface area contributed by atoms with Gasteiger partial charge in [0, 0.05) is 5.92 Å². The van der Waals surface area contributed by atoms with Crippen molar-refractivity contribution in [2.75, 3.05) is 6.61 Å². The third-order valence-corrected chi connectivity index (χ3v) is 3.62. The fourth-order valence-corrected chi connectivity index (χ4v) is 2.98. The van der Waals surface area contributed by atoms with E-state index in [-0.39, 0.29) is 24.1 Å².